The van der Waals surface area contributed by atoms with Gasteiger partial charge < -0.3 is 5.32 Å². The molecule has 1 amide bonds. The number of nitrogens with one attached hydrogen (secondary N) is 1. The standard InChI is InChI=1S/C29H26N4O/c1-3-22-14-16-23(17-15-22)21(2)31-29(34)25(19-30)18-26-20-33(27-12-8-5-9-13-27)32-28(26)24-10-6-4-7-11-24/h4-18,20-21H,3H2,1-2H3,(H,31,34)/b25-18-. The average Bonchev–Trinajstić information content (AvgIpc) is 3.32. The number of rotatable bonds is 7. The van der Waals surface area contributed by atoms with Crippen molar-refractivity contribution in [3.8, 4) is 23.0 Å². The van der Waals surface area contributed by atoms with E-state index in [0.29, 0.717) is 11.3 Å². The molecule has 0 aliphatic carbocycles. The van der Waals surface area contributed by atoms with Gasteiger partial charge in [-0.2, -0.15) is 10.4 Å². The molecular formula is C29H26N4O. The lowest BCUT2D eigenvalue weighted by molar-refractivity contribution is -0.117. The summed E-state index contributed by atoms with van der Waals surface area (Å²) < 4.78 is 1.76. The first kappa shape index (κ1) is 22.8. The maximum atomic E-state index is 13.0. The SMILES string of the molecule is CCc1ccc(C(C)NC(=O)/C(C#N)=C\c2cn(-c3ccccc3)nc2-c2ccccc2)cc1. The highest BCUT2D eigenvalue weighted by Crippen LogP contribution is 2.26. The zero-order valence-corrected chi connectivity index (χ0v) is 19.3. The maximum absolute atomic E-state index is 13.0. The van der Waals surface area contributed by atoms with Crippen molar-refractivity contribution >= 4 is 12.0 Å². The Balaban J connectivity index is 1.65. The van der Waals surface area contributed by atoms with Crippen LogP contribution in [0.5, 0.6) is 0 Å². The number of aromatic nitrogens is 2. The number of benzene rings is 3. The Morgan fingerprint density at radius 1 is 1.03 bits per heavy atom. The van der Waals surface area contributed by atoms with Crippen molar-refractivity contribution in [1.82, 2.24) is 15.1 Å². The summed E-state index contributed by atoms with van der Waals surface area (Å²) in [5.74, 6) is -0.416. The highest BCUT2D eigenvalue weighted by molar-refractivity contribution is 6.02. The molecule has 5 heteroatoms. The van der Waals surface area contributed by atoms with Crippen molar-refractivity contribution < 1.29 is 4.79 Å². The molecule has 0 radical (unpaired) electrons. The van der Waals surface area contributed by atoms with Gasteiger partial charge in [-0.15, -0.1) is 0 Å². The van der Waals surface area contributed by atoms with Gasteiger partial charge in [0, 0.05) is 17.3 Å². The Bertz CT molecular complexity index is 1330. The van der Waals surface area contributed by atoms with E-state index in [9.17, 15) is 10.1 Å². The maximum Gasteiger partial charge on any atom is 0.262 e. The smallest absolute Gasteiger partial charge is 0.262 e. The first-order valence-electron chi connectivity index (χ1n) is 11.3. The molecule has 1 unspecified atom stereocenters. The van der Waals surface area contributed by atoms with Crippen LogP contribution in [0.25, 0.3) is 23.0 Å². The van der Waals surface area contributed by atoms with E-state index in [0.717, 1.165) is 23.2 Å². The van der Waals surface area contributed by atoms with Crippen LogP contribution in [0.4, 0.5) is 0 Å². The average molecular weight is 447 g/mol. The van der Waals surface area contributed by atoms with Crippen LogP contribution < -0.4 is 5.32 Å². The van der Waals surface area contributed by atoms with Crippen molar-refractivity contribution in [2.45, 2.75) is 26.3 Å². The van der Waals surface area contributed by atoms with E-state index < -0.39 is 5.91 Å². The van der Waals surface area contributed by atoms with Crippen LogP contribution in [0.2, 0.25) is 0 Å². The van der Waals surface area contributed by atoms with Crippen molar-refractivity contribution in [3.05, 3.63) is 113 Å². The molecule has 1 heterocycles. The van der Waals surface area contributed by atoms with Crippen molar-refractivity contribution in [2.24, 2.45) is 0 Å². The molecular weight excluding hydrogens is 420 g/mol. The van der Waals surface area contributed by atoms with Crippen molar-refractivity contribution in [3.63, 3.8) is 0 Å². The Morgan fingerprint density at radius 2 is 1.68 bits per heavy atom. The molecule has 1 N–H and O–H groups in total. The van der Waals surface area contributed by atoms with E-state index in [-0.39, 0.29) is 11.6 Å². The van der Waals surface area contributed by atoms with Gasteiger partial charge in [0.25, 0.3) is 5.91 Å². The van der Waals surface area contributed by atoms with Gasteiger partial charge in [-0.1, -0.05) is 79.7 Å². The molecule has 5 nitrogen and oxygen atoms in total. The van der Waals surface area contributed by atoms with Gasteiger partial charge in [0.15, 0.2) is 0 Å². The van der Waals surface area contributed by atoms with Crippen LogP contribution in [0.1, 0.15) is 36.6 Å². The van der Waals surface area contributed by atoms with Gasteiger partial charge >= 0.3 is 0 Å². The summed E-state index contributed by atoms with van der Waals surface area (Å²) in [6.07, 6.45) is 4.41. The molecule has 0 saturated carbocycles. The van der Waals surface area contributed by atoms with Gasteiger partial charge in [0.2, 0.25) is 0 Å². The Hall–Kier alpha value is -4.43. The number of amides is 1. The normalized spacial score (nSPS) is 12.1. The van der Waals surface area contributed by atoms with Crippen LogP contribution in [0, 0.1) is 11.3 Å². The van der Waals surface area contributed by atoms with Crippen LogP contribution in [-0.4, -0.2) is 15.7 Å². The number of aryl methyl sites for hydroxylation is 1. The number of nitriles is 1. The van der Waals surface area contributed by atoms with Gasteiger partial charge in [0.05, 0.1) is 17.4 Å². The van der Waals surface area contributed by atoms with Crippen LogP contribution in [0.15, 0.2) is 96.7 Å². The highest BCUT2D eigenvalue weighted by atomic mass is 16.1. The molecule has 0 fully saturated rings. The summed E-state index contributed by atoms with van der Waals surface area (Å²) >= 11 is 0. The molecule has 4 aromatic rings. The lowest BCUT2D eigenvalue weighted by Gasteiger charge is -2.14. The van der Waals surface area contributed by atoms with Gasteiger partial charge in [-0.25, -0.2) is 4.68 Å². The minimum absolute atomic E-state index is 0.0295. The molecule has 168 valence electrons. The second kappa shape index (κ2) is 10.5. The summed E-state index contributed by atoms with van der Waals surface area (Å²) in [5.41, 5.74) is 5.46. The fourth-order valence-electron chi connectivity index (χ4n) is 3.73. The Kier molecular flexibility index (Phi) is 7.00. The summed E-state index contributed by atoms with van der Waals surface area (Å²) in [6.45, 7) is 4.02. The van der Waals surface area contributed by atoms with Gasteiger partial charge in [-0.3, -0.25) is 4.79 Å². The Labute approximate surface area is 200 Å². The summed E-state index contributed by atoms with van der Waals surface area (Å²) in [7, 11) is 0. The second-order valence-corrected chi connectivity index (χ2v) is 8.04. The van der Waals surface area contributed by atoms with E-state index in [1.54, 1.807) is 10.8 Å². The monoisotopic (exact) mass is 446 g/mol. The fourth-order valence-corrected chi connectivity index (χ4v) is 3.73. The Morgan fingerprint density at radius 3 is 2.29 bits per heavy atom. The van der Waals surface area contributed by atoms with Crippen LogP contribution >= 0.6 is 0 Å². The fraction of sp³-hybridized carbons (Fsp3) is 0.138. The third-order valence-electron chi connectivity index (χ3n) is 5.71. The quantitative estimate of drug-likeness (QED) is 0.284. The number of hydrogen-bond donors (Lipinski definition) is 1. The molecule has 1 aromatic heterocycles. The highest BCUT2D eigenvalue weighted by Gasteiger charge is 2.17. The van der Waals surface area contributed by atoms with E-state index in [2.05, 4.69) is 30.4 Å². The minimum Gasteiger partial charge on any atom is -0.345 e. The number of carbonyl (C=O) groups excluding carboxylic acids is 1. The predicted molar refractivity (Wildman–Crippen MR) is 135 cm³/mol. The first-order valence-corrected chi connectivity index (χ1v) is 11.3. The topological polar surface area (TPSA) is 70.7 Å². The molecule has 0 spiro atoms. The van der Waals surface area contributed by atoms with E-state index >= 15 is 0 Å². The summed E-state index contributed by atoms with van der Waals surface area (Å²) in [5, 5.41) is 17.5. The molecule has 0 aliphatic rings. The number of nitrogens with zero attached hydrogens (tertiary/aromatic N) is 3. The van der Waals surface area contributed by atoms with Crippen molar-refractivity contribution in [2.75, 3.05) is 0 Å². The zero-order valence-electron chi connectivity index (χ0n) is 19.3. The molecule has 34 heavy (non-hydrogen) atoms. The second-order valence-electron chi connectivity index (χ2n) is 8.04. The third kappa shape index (κ3) is 5.13. The van der Waals surface area contributed by atoms with Crippen LogP contribution in [-0.2, 0) is 11.2 Å². The molecule has 0 aliphatic heterocycles. The number of hydrogen-bond acceptors (Lipinski definition) is 3. The third-order valence-corrected chi connectivity index (χ3v) is 5.71. The number of para-hydroxylation sites is 1. The van der Waals surface area contributed by atoms with E-state index in [1.165, 1.54) is 5.56 Å². The van der Waals surface area contributed by atoms with Gasteiger partial charge in [0.1, 0.15) is 11.6 Å². The molecule has 0 saturated heterocycles. The molecule has 1 atom stereocenters. The summed E-state index contributed by atoms with van der Waals surface area (Å²) in [4.78, 5) is 13.0. The molecule has 3 aromatic carbocycles. The lowest BCUT2D eigenvalue weighted by atomic mass is 10.0. The zero-order chi connectivity index (χ0) is 23.9. The predicted octanol–water partition coefficient (Wildman–Crippen LogP) is 5.89. The molecule has 0 bridgehead atoms. The van der Waals surface area contributed by atoms with E-state index in [1.807, 2.05) is 85.9 Å². The number of carbonyl (C=O) groups is 1. The van der Waals surface area contributed by atoms with Crippen molar-refractivity contribution in [1.29, 1.82) is 5.26 Å². The minimum atomic E-state index is -0.416. The van der Waals surface area contributed by atoms with E-state index in [4.69, 9.17) is 5.10 Å². The summed E-state index contributed by atoms with van der Waals surface area (Å²) in [6, 6.07) is 29.5. The van der Waals surface area contributed by atoms with Gasteiger partial charge in [-0.05, 0) is 42.7 Å². The van der Waals surface area contributed by atoms with Crippen LogP contribution in [0.3, 0.4) is 0 Å². The largest absolute Gasteiger partial charge is 0.345 e. The first-order chi connectivity index (χ1) is 16.6. The lowest BCUT2D eigenvalue weighted by Crippen LogP contribution is -2.27. The molecule has 4 rings (SSSR count).